The zero-order valence-corrected chi connectivity index (χ0v) is 16.3. The third-order valence-electron chi connectivity index (χ3n) is 4.59. The number of aromatic nitrogens is 2. The van der Waals surface area contributed by atoms with Crippen LogP contribution in [0, 0.1) is 0 Å². The SMILES string of the molecule is CSc1ccccc1-c1ccc2[nH]c(/C=C/c3ccc(C(F)(F)F)cc3)nc2c1. The fourth-order valence-corrected chi connectivity index (χ4v) is 3.73. The van der Waals surface area contributed by atoms with Gasteiger partial charge in [0, 0.05) is 4.90 Å². The predicted octanol–water partition coefficient (Wildman–Crippen LogP) is 7.14. The summed E-state index contributed by atoms with van der Waals surface area (Å²) in [5.74, 6) is 0.648. The summed E-state index contributed by atoms with van der Waals surface area (Å²) in [4.78, 5) is 9.02. The molecule has 0 aliphatic heterocycles. The lowest BCUT2D eigenvalue weighted by molar-refractivity contribution is -0.137. The number of hydrogen-bond acceptors (Lipinski definition) is 2. The van der Waals surface area contributed by atoms with Crippen LogP contribution in [0.2, 0.25) is 0 Å². The first-order chi connectivity index (χ1) is 13.9. The highest BCUT2D eigenvalue weighted by molar-refractivity contribution is 7.98. The number of aromatic amines is 1. The molecule has 0 fully saturated rings. The molecule has 0 spiro atoms. The van der Waals surface area contributed by atoms with Gasteiger partial charge in [0.25, 0.3) is 0 Å². The van der Waals surface area contributed by atoms with Gasteiger partial charge < -0.3 is 4.98 Å². The number of thioether (sulfide) groups is 1. The normalized spacial score (nSPS) is 12.1. The van der Waals surface area contributed by atoms with Crippen molar-refractivity contribution >= 4 is 34.9 Å². The van der Waals surface area contributed by atoms with Gasteiger partial charge in [-0.2, -0.15) is 13.2 Å². The number of rotatable bonds is 4. The molecule has 0 aliphatic carbocycles. The first-order valence-electron chi connectivity index (χ1n) is 8.92. The number of benzene rings is 3. The Labute approximate surface area is 170 Å². The van der Waals surface area contributed by atoms with Gasteiger partial charge >= 0.3 is 6.18 Å². The van der Waals surface area contributed by atoms with Crippen molar-refractivity contribution in [3.05, 3.63) is 83.7 Å². The summed E-state index contributed by atoms with van der Waals surface area (Å²) in [5.41, 5.74) is 4.01. The Morgan fingerprint density at radius 2 is 1.69 bits per heavy atom. The van der Waals surface area contributed by atoms with Crippen molar-refractivity contribution < 1.29 is 13.2 Å². The molecule has 1 aromatic heterocycles. The highest BCUT2D eigenvalue weighted by Gasteiger charge is 2.29. The second kappa shape index (κ2) is 7.79. The van der Waals surface area contributed by atoms with Crippen LogP contribution in [-0.2, 0) is 6.18 Å². The number of fused-ring (bicyclic) bond motifs is 1. The minimum atomic E-state index is -4.33. The number of nitrogens with one attached hydrogen (secondary N) is 1. The maximum Gasteiger partial charge on any atom is 0.416 e. The molecule has 4 rings (SSSR count). The molecule has 3 aromatic carbocycles. The van der Waals surface area contributed by atoms with Gasteiger partial charge in [-0.1, -0.05) is 42.5 Å². The van der Waals surface area contributed by atoms with Crippen molar-refractivity contribution in [2.24, 2.45) is 0 Å². The van der Waals surface area contributed by atoms with Crippen LogP contribution in [0.1, 0.15) is 17.0 Å². The van der Waals surface area contributed by atoms with Gasteiger partial charge in [-0.05, 0) is 59.4 Å². The lowest BCUT2D eigenvalue weighted by Crippen LogP contribution is -2.03. The fourth-order valence-electron chi connectivity index (χ4n) is 3.11. The molecule has 0 amide bonds. The summed E-state index contributed by atoms with van der Waals surface area (Å²) >= 11 is 1.70. The molecule has 0 radical (unpaired) electrons. The topological polar surface area (TPSA) is 28.7 Å². The van der Waals surface area contributed by atoms with E-state index in [1.807, 2.05) is 24.3 Å². The maximum atomic E-state index is 12.7. The molecule has 0 aliphatic rings. The van der Waals surface area contributed by atoms with Gasteiger partial charge in [0.1, 0.15) is 5.82 Å². The molecule has 0 saturated heterocycles. The van der Waals surface area contributed by atoms with E-state index in [2.05, 4.69) is 34.4 Å². The first-order valence-corrected chi connectivity index (χ1v) is 10.1. The van der Waals surface area contributed by atoms with Gasteiger partial charge in [0.05, 0.1) is 16.6 Å². The van der Waals surface area contributed by atoms with Crippen LogP contribution < -0.4 is 0 Å². The highest BCUT2D eigenvalue weighted by Crippen LogP contribution is 2.32. The molecule has 0 saturated carbocycles. The molecule has 0 atom stereocenters. The Hall–Kier alpha value is -2.99. The Morgan fingerprint density at radius 3 is 2.41 bits per heavy atom. The van der Waals surface area contributed by atoms with E-state index in [1.165, 1.54) is 17.0 Å². The molecule has 0 unspecified atom stereocenters. The largest absolute Gasteiger partial charge is 0.416 e. The summed E-state index contributed by atoms with van der Waals surface area (Å²) in [6.45, 7) is 0. The molecule has 0 bridgehead atoms. The van der Waals surface area contributed by atoms with Crippen LogP contribution >= 0.6 is 11.8 Å². The fraction of sp³-hybridized carbons (Fsp3) is 0.0870. The van der Waals surface area contributed by atoms with Gasteiger partial charge in [0.15, 0.2) is 0 Å². The lowest BCUT2D eigenvalue weighted by atomic mass is 10.1. The van der Waals surface area contributed by atoms with E-state index in [1.54, 1.807) is 23.9 Å². The van der Waals surface area contributed by atoms with E-state index in [4.69, 9.17) is 0 Å². The number of halogens is 3. The number of nitrogens with zero attached hydrogens (tertiary/aromatic N) is 1. The first kappa shape index (κ1) is 19.3. The van der Waals surface area contributed by atoms with E-state index in [-0.39, 0.29) is 0 Å². The molecule has 2 nitrogen and oxygen atoms in total. The minimum Gasteiger partial charge on any atom is -0.338 e. The van der Waals surface area contributed by atoms with Crippen LogP contribution in [0.4, 0.5) is 13.2 Å². The number of H-pyrrole nitrogens is 1. The summed E-state index contributed by atoms with van der Waals surface area (Å²) in [7, 11) is 0. The van der Waals surface area contributed by atoms with E-state index < -0.39 is 11.7 Å². The summed E-state index contributed by atoms with van der Waals surface area (Å²) in [6.07, 6.45) is 1.23. The standard InChI is InChI=1S/C23H17F3N2S/c1-29-21-5-3-2-4-18(21)16-9-12-19-20(14-16)28-22(27-19)13-8-15-6-10-17(11-7-15)23(24,25)26/h2-14H,1H3,(H,27,28)/b13-8+. The van der Waals surface area contributed by atoms with E-state index in [0.717, 1.165) is 34.3 Å². The van der Waals surface area contributed by atoms with Gasteiger partial charge in [-0.25, -0.2) is 4.98 Å². The van der Waals surface area contributed by atoms with E-state index >= 15 is 0 Å². The third kappa shape index (κ3) is 4.22. The maximum absolute atomic E-state index is 12.7. The molecule has 6 heteroatoms. The van der Waals surface area contributed by atoms with Crippen molar-refractivity contribution in [3.8, 4) is 11.1 Å². The van der Waals surface area contributed by atoms with Gasteiger partial charge in [-0.15, -0.1) is 11.8 Å². The lowest BCUT2D eigenvalue weighted by Gasteiger charge is -2.06. The second-order valence-corrected chi connectivity index (χ2v) is 7.36. The summed E-state index contributed by atoms with van der Waals surface area (Å²) in [5, 5.41) is 0. The van der Waals surface area contributed by atoms with Crippen molar-refractivity contribution in [2.75, 3.05) is 6.26 Å². The predicted molar refractivity (Wildman–Crippen MR) is 114 cm³/mol. The van der Waals surface area contributed by atoms with Crippen LogP contribution in [0.25, 0.3) is 34.3 Å². The number of alkyl halides is 3. The van der Waals surface area contributed by atoms with Crippen LogP contribution in [0.5, 0.6) is 0 Å². The monoisotopic (exact) mass is 410 g/mol. The Bertz CT molecular complexity index is 1170. The van der Waals surface area contributed by atoms with Crippen molar-refractivity contribution in [3.63, 3.8) is 0 Å². The van der Waals surface area contributed by atoms with Crippen molar-refractivity contribution in [1.29, 1.82) is 0 Å². The highest BCUT2D eigenvalue weighted by atomic mass is 32.2. The average molecular weight is 410 g/mol. The van der Waals surface area contributed by atoms with Crippen LogP contribution in [0.15, 0.2) is 71.6 Å². The Balaban J connectivity index is 1.60. The number of imidazole rings is 1. The van der Waals surface area contributed by atoms with E-state index in [0.29, 0.717) is 11.4 Å². The van der Waals surface area contributed by atoms with E-state index in [9.17, 15) is 13.2 Å². The molecule has 4 aromatic rings. The number of hydrogen-bond donors (Lipinski definition) is 1. The van der Waals surface area contributed by atoms with Crippen molar-refractivity contribution in [2.45, 2.75) is 11.1 Å². The van der Waals surface area contributed by atoms with Crippen molar-refractivity contribution in [1.82, 2.24) is 9.97 Å². The van der Waals surface area contributed by atoms with Crippen LogP contribution in [0.3, 0.4) is 0 Å². The second-order valence-electron chi connectivity index (χ2n) is 6.51. The zero-order chi connectivity index (χ0) is 20.4. The Kier molecular flexibility index (Phi) is 5.20. The molecular formula is C23H17F3N2S. The molecule has 1 heterocycles. The molecular weight excluding hydrogens is 393 g/mol. The van der Waals surface area contributed by atoms with Gasteiger partial charge in [0.2, 0.25) is 0 Å². The molecule has 146 valence electrons. The third-order valence-corrected chi connectivity index (χ3v) is 5.39. The summed E-state index contributed by atoms with van der Waals surface area (Å²) in [6, 6.07) is 19.3. The minimum absolute atomic E-state index is 0.648. The average Bonchev–Trinajstić information content (AvgIpc) is 3.14. The molecule has 29 heavy (non-hydrogen) atoms. The molecule has 1 N–H and O–H groups in total. The zero-order valence-electron chi connectivity index (χ0n) is 15.5. The smallest absolute Gasteiger partial charge is 0.338 e. The Morgan fingerprint density at radius 1 is 0.931 bits per heavy atom. The van der Waals surface area contributed by atoms with Gasteiger partial charge in [-0.3, -0.25) is 0 Å². The van der Waals surface area contributed by atoms with Crippen LogP contribution in [-0.4, -0.2) is 16.2 Å². The quantitative estimate of drug-likeness (QED) is 0.362. The summed E-state index contributed by atoms with van der Waals surface area (Å²) < 4.78 is 38.0.